The first-order valence-corrected chi connectivity index (χ1v) is 18.8. The molecule has 0 amide bonds. The van der Waals surface area contributed by atoms with E-state index >= 15 is 0 Å². The third-order valence-corrected chi connectivity index (χ3v) is 11.0. The Hall–Kier alpha value is -4.70. The monoisotopic (exact) mass is 698 g/mol. The fraction of sp³-hybridized carbons (Fsp3) is 0.375. The molecule has 4 heteroatoms. The molecule has 0 saturated heterocycles. The van der Waals surface area contributed by atoms with Gasteiger partial charge >= 0.3 is 0 Å². The lowest BCUT2D eigenvalue weighted by Gasteiger charge is -2.28. The number of rotatable bonds is 10. The zero-order valence-corrected chi connectivity index (χ0v) is 33.2. The molecular weight excluding hydrogens is 641 g/mol. The Morgan fingerprint density at radius 3 is 0.673 bits per heavy atom. The SMILES string of the molecule is Cc1cc(O)c(C(C)C)cc1C(c1ccc(C(c2cc(C(C)C)c(O)cc2C)c2cc(C(C)C)c(O)cc2C)cc1)c1cc(C(C)C)c(O)cc1C. The Kier molecular flexibility index (Phi) is 11.2. The van der Waals surface area contributed by atoms with Crippen LogP contribution in [0.3, 0.4) is 0 Å². The third-order valence-electron chi connectivity index (χ3n) is 11.0. The lowest BCUT2D eigenvalue weighted by molar-refractivity contribution is 0.462. The van der Waals surface area contributed by atoms with Crippen molar-refractivity contribution in [3.05, 3.63) is 151 Å². The molecule has 0 saturated carbocycles. The fourth-order valence-corrected chi connectivity index (χ4v) is 7.94. The highest BCUT2D eigenvalue weighted by molar-refractivity contribution is 5.59. The van der Waals surface area contributed by atoms with Crippen molar-refractivity contribution in [2.75, 3.05) is 0 Å². The molecule has 5 rings (SSSR count). The first kappa shape index (κ1) is 38.5. The van der Waals surface area contributed by atoms with Crippen LogP contribution in [0, 0.1) is 27.7 Å². The molecule has 4 nitrogen and oxygen atoms in total. The van der Waals surface area contributed by atoms with Crippen LogP contribution in [0.15, 0.2) is 72.8 Å². The second-order valence-electron chi connectivity index (χ2n) is 16.2. The molecule has 0 atom stereocenters. The summed E-state index contributed by atoms with van der Waals surface area (Å²) in [6.07, 6.45) is 0. The minimum Gasteiger partial charge on any atom is -0.508 e. The second-order valence-corrected chi connectivity index (χ2v) is 16.2. The van der Waals surface area contributed by atoms with Crippen molar-refractivity contribution in [3.63, 3.8) is 0 Å². The number of aromatic hydroxyl groups is 4. The standard InChI is InChI=1S/C48H58O4/c1-25(2)35-21-39(29(9)17-43(35)49)47(40-22-36(26(3)4)44(50)18-30(40)10)33-13-15-34(16-14-33)48(41-23-37(27(5)6)45(51)19-31(41)11)42-24-38(28(7)8)46(52)20-32(42)12/h13-28,47-52H,1-12H3. The minimum absolute atomic E-state index is 0.142. The summed E-state index contributed by atoms with van der Waals surface area (Å²) in [6.45, 7) is 25.1. The average molecular weight is 699 g/mol. The number of benzene rings is 5. The van der Waals surface area contributed by atoms with E-state index in [1.54, 1.807) is 0 Å². The van der Waals surface area contributed by atoms with Crippen LogP contribution in [-0.2, 0) is 0 Å². The maximum atomic E-state index is 11.0. The number of aryl methyl sites for hydroxylation is 4. The van der Waals surface area contributed by atoms with E-state index in [1.807, 2.05) is 24.3 Å². The van der Waals surface area contributed by atoms with Gasteiger partial charge in [0.05, 0.1) is 0 Å². The molecule has 52 heavy (non-hydrogen) atoms. The highest BCUT2D eigenvalue weighted by atomic mass is 16.3. The Morgan fingerprint density at radius 1 is 0.308 bits per heavy atom. The molecule has 0 spiro atoms. The molecule has 0 fully saturated rings. The minimum atomic E-state index is -0.144. The molecule has 0 aromatic heterocycles. The van der Waals surface area contributed by atoms with Gasteiger partial charge < -0.3 is 20.4 Å². The zero-order chi connectivity index (χ0) is 38.3. The largest absolute Gasteiger partial charge is 0.508 e. The van der Waals surface area contributed by atoms with Gasteiger partial charge in [-0.1, -0.05) is 104 Å². The van der Waals surface area contributed by atoms with Crippen LogP contribution in [-0.4, -0.2) is 20.4 Å². The van der Waals surface area contributed by atoms with Crippen molar-refractivity contribution in [3.8, 4) is 23.0 Å². The molecular formula is C48H58O4. The van der Waals surface area contributed by atoms with Gasteiger partial charge in [-0.05, 0) is 154 Å². The van der Waals surface area contributed by atoms with E-state index in [1.165, 1.54) is 0 Å². The Morgan fingerprint density at radius 2 is 0.500 bits per heavy atom. The molecule has 0 heterocycles. The normalized spacial score (nSPS) is 12.0. The summed E-state index contributed by atoms with van der Waals surface area (Å²) >= 11 is 0. The second kappa shape index (κ2) is 15.1. The molecule has 5 aromatic rings. The van der Waals surface area contributed by atoms with Gasteiger partial charge in [-0.3, -0.25) is 0 Å². The van der Waals surface area contributed by atoms with Crippen LogP contribution in [0.5, 0.6) is 23.0 Å². The Bertz CT molecular complexity index is 1810. The van der Waals surface area contributed by atoms with Gasteiger partial charge in [-0.15, -0.1) is 0 Å². The topological polar surface area (TPSA) is 80.9 Å². The molecule has 0 aliphatic rings. The molecule has 5 aromatic carbocycles. The van der Waals surface area contributed by atoms with Crippen LogP contribution in [0.2, 0.25) is 0 Å². The summed E-state index contributed by atoms with van der Waals surface area (Å²) in [4.78, 5) is 0. The van der Waals surface area contributed by atoms with Gasteiger partial charge in [-0.2, -0.15) is 0 Å². The zero-order valence-electron chi connectivity index (χ0n) is 33.2. The van der Waals surface area contributed by atoms with Gasteiger partial charge in [0.2, 0.25) is 0 Å². The van der Waals surface area contributed by atoms with Crippen molar-refractivity contribution < 1.29 is 20.4 Å². The maximum absolute atomic E-state index is 11.0. The van der Waals surface area contributed by atoms with E-state index in [9.17, 15) is 20.4 Å². The van der Waals surface area contributed by atoms with Crippen LogP contribution >= 0.6 is 0 Å². The Balaban J connectivity index is 1.79. The molecule has 0 aliphatic carbocycles. The van der Waals surface area contributed by atoms with Crippen LogP contribution < -0.4 is 0 Å². The first-order chi connectivity index (χ1) is 24.4. The van der Waals surface area contributed by atoms with Crippen LogP contribution in [0.1, 0.15) is 169 Å². The van der Waals surface area contributed by atoms with Gasteiger partial charge in [0.1, 0.15) is 23.0 Å². The third kappa shape index (κ3) is 7.44. The molecule has 0 radical (unpaired) electrons. The van der Waals surface area contributed by atoms with Gasteiger partial charge in [0.15, 0.2) is 0 Å². The number of hydrogen-bond donors (Lipinski definition) is 4. The molecule has 0 aliphatic heterocycles. The number of hydrogen-bond acceptors (Lipinski definition) is 4. The fourth-order valence-electron chi connectivity index (χ4n) is 7.94. The average Bonchev–Trinajstić information content (AvgIpc) is 3.04. The summed E-state index contributed by atoms with van der Waals surface area (Å²) in [7, 11) is 0. The first-order valence-electron chi connectivity index (χ1n) is 18.8. The van der Waals surface area contributed by atoms with Crippen molar-refractivity contribution in [1.82, 2.24) is 0 Å². The molecule has 4 N–H and O–H groups in total. The van der Waals surface area contributed by atoms with E-state index in [-0.39, 0.29) is 35.5 Å². The van der Waals surface area contributed by atoms with Crippen molar-refractivity contribution in [1.29, 1.82) is 0 Å². The van der Waals surface area contributed by atoms with E-state index in [2.05, 4.69) is 132 Å². The van der Waals surface area contributed by atoms with Crippen molar-refractivity contribution in [2.45, 2.75) is 119 Å². The number of phenolic OH excluding ortho intramolecular Hbond substituents is 4. The molecule has 274 valence electrons. The summed E-state index contributed by atoms with van der Waals surface area (Å²) < 4.78 is 0. The van der Waals surface area contributed by atoms with Gasteiger partial charge in [-0.25, -0.2) is 0 Å². The molecule has 0 bridgehead atoms. The smallest absolute Gasteiger partial charge is 0.119 e. The summed E-state index contributed by atoms with van der Waals surface area (Å²) in [5.74, 6) is 1.54. The lowest BCUT2D eigenvalue weighted by Crippen LogP contribution is -2.12. The van der Waals surface area contributed by atoms with Gasteiger partial charge in [0.25, 0.3) is 0 Å². The van der Waals surface area contributed by atoms with Crippen LogP contribution in [0.25, 0.3) is 0 Å². The quantitative estimate of drug-likeness (QED) is 0.109. The van der Waals surface area contributed by atoms with Crippen molar-refractivity contribution in [2.24, 2.45) is 0 Å². The lowest BCUT2D eigenvalue weighted by atomic mass is 9.76. The highest BCUT2D eigenvalue weighted by Gasteiger charge is 2.28. The number of phenols is 4. The van der Waals surface area contributed by atoms with E-state index in [4.69, 9.17) is 0 Å². The highest BCUT2D eigenvalue weighted by Crippen LogP contribution is 2.45. The predicted octanol–water partition coefficient (Wildman–Crippen LogP) is 12.6. The molecule has 0 unspecified atom stereocenters. The van der Waals surface area contributed by atoms with E-state index in [0.717, 1.165) is 77.9 Å². The summed E-state index contributed by atoms with van der Waals surface area (Å²) in [5, 5.41) is 43.8. The van der Waals surface area contributed by atoms with Gasteiger partial charge in [0, 0.05) is 11.8 Å². The summed E-state index contributed by atoms with van der Waals surface area (Å²) in [5.41, 5.74) is 14.4. The maximum Gasteiger partial charge on any atom is 0.119 e. The van der Waals surface area contributed by atoms with Crippen LogP contribution in [0.4, 0.5) is 0 Å². The van der Waals surface area contributed by atoms with E-state index < -0.39 is 0 Å². The summed E-state index contributed by atoms with van der Waals surface area (Å²) in [6, 6.07) is 25.1. The van der Waals surface area contributed by atoms with E-state index in [0.29, 0.717) is 23.0 Å². The Labute approximate surface area is 311 Å². The van der Waals surface area contributed by atoms with Crippen molar-refractivity contribution >= 4 is 0 Å². The predicted molar refractivity (Wildman–Crippen MR) is 216 cm³/mol.